The van der Waals surface area contributed by atoms with Gasteiger partial charge in [0, 0.05) is 6.42 Å². The zero-order valence-electron chi connectivity index (χ0n) is 26.3. The molecule has 0 saturated carbocycles. The van der Waals surface area contributed by atoms with E-state index in [2.05, 4.69) is 15.5 Å². The summed E-state index contributed by atoms with van der Waals surface area (Å²) in [6.45, 7) is 4.07. The van der Waals surface area contributed by atoms with Gasteiger partial charge in [0.1, 0.15) is 11.5 Å². The molecule has 3 heterocycles. The summed E-state index contributed by atoms with van der Waals surface area (Å²) in [5.74, 6) is 1.56. The van der Waals surface area contributed by atoms with Crippen LogP contribution >= 0.6 is 23.1 Å². The molecule has 1 N–H and O–H groups in total. The third kappa shape index (κ3) is 7.39. The molecule has 10 nitrogen and oxygen atoms in total. The van der Waals surface area contributed by atoms with Crippen molar-refractivity contribution in [2.24, 2.45) is 5.10 Å². The number of para-hydroxylation sites is 1. The van der Waals surface area contributed by atoms with Crippen LogP contribution in [0.4, 0.5) is 0 Å². The van der Waals surface area contributed by atoms with E-state index in [1.807, 2.05) is 96.6 Å². The Morgan fingerprint density at radius 2 is 1.77 bits per heavy atom. The highest BCUT2D eigenvalue weighted by atomic mass is 32.2. The number of nitrogens with one attached hydrogen (secondary N) is 1. The van der Waals surface area contributed by atoms with Crippen LogP contribution in [0.3, 0.4) is 0 Å². The van der Waals surface area contributed by atoms with Crippen molar-refractivity contribution in [1.82, 2.24) is 25.1 Å². The average molecular weight is 667 g/mol. The van der Waals surface area contributed by atoms with Gasteiger partial charge in [-0.25, -0.2) is 5.01 Å². The maximum Gasteiger partial charge on any atom is 0.258 e. The van der Waals surface area contributed by atoms with Gasteiger partial charge in [-0.2, -0.15) is 5.10 Å². The minimum atomic E-state index is -0.285. The van der Waals surface area contributed by atoms with Gasteiger partial charge in [-0.15, -0.1) is 21.5 Å². The summed E-state index contributed by atoms with van der Waals surface area (Å²) in [6, 6.07) is 26.7. The number of thioether (sulfide) groups is 1. The minimum Gasteiger partial charge on any atom is -0.497 e. The van der Waals surface area contributed by atoms with E-state index in [4.69, 9.17) is 14.6 Å². The second-order valence-corrected chi connectivity index (χ2v) is 12.8. The van der Waals surface area contributed by atoms with Crippen molar-refractivity contribution in [3.63, 3.8) is 0 Å². The Morgan fingerprint density at radius 1 is 0.957 bits per heavy atom. The fourth-order valence-corrected chi connectivity index (χ4v) is 6.77. The SMILES string of the molecule is COc1ccc(C2CC(c3cccs3)=NN2C(=O)CSc2nnc(CNC(=O)COc3ccccc3)n2-c2cccc(C)c2C)cc1. The van der Waals surface area contributed by atoms with Gasteiger partial charge < -0.3 is 14.8 Å². The van der Waals surface area contributed by atoms with Crippen LogP contribution in [-0.2, 0) is 16.1 Å². The Kier molecular flexibility index (Phi) is 9.98. The quantitative estimate of drug-likeness (QED) is 0.160. The first kappa shape index (κ1) is 32.0. The minimum absolute atomic E-state index is 0.0914. The van der Waals surface area contributed by atoms with Gasteiger partial charge in [0.25, 0.3) is 11.8 Å². The number of methoxy groups -OCH3 is 1. The standard InChI is InChI=1S/C35H34N6O4S2/c1-23-9-7-12-29(24(23)2)40-32(20-36-33(42)21-45-27-10-5-4-6-11-27)37-38-35(40)47-22-34(43)41-30(25-14-16-26(44-3)17-15-25)19-28(39-41)31-13-8-18-46-31/h4-18,30H,19-22H2,1-3H3,(H,36,42). The Bertz CT molecular complexity index is 1870. The number of carbonyl (C=O) groups excluding carboxylic acids is 2. The van der Waals surface area contributed by atoms with Crippen molar-refractivity contribution >= 4 is 40.6 Å². The molecule has 1 aliphatic heterocycles. The molecular weight excluding hydrogens is 633 g/mol. The number of aromatic nitrogens is 3. The summed E-state index contributed by atoms with van der Waals surface area (Å²) in [5, 5.41) is 20.7. The van der Waals surface area contributed by atoms with Crippen LogP contribution < -0.4 is 14.8 Å². The molecule has 1 aliphatic rings. The number of thiophene rings is 1. The summed E-state index contributed by atoms with van der Waals surface area (Å²) < 4.78 is 12.8. The zero-order valence-corrected chi connectivity index (χ0v) is 27.9. The van der Waals surface area contributed by atoms with Crippen molar-refractivity contribution in [3.05, 3.63) is 118 Å². The normalized spacial score (nSPS) is 14.1. The van der Waals surface area contributed by atoms with E-state index in [9.17, 15) is 9.59 Å². The van der Waals surface area contributed by atoms with E-state index in [0.29, 0.717) is 23.2 Å². The molecule has 0 bridgehead atoms. The smallest absolute Gasteiger partial charge is 0.258 e. The summed E-state index contributed by atoms with van der Waals surface area (Å²) in [7, 11) is 1.63. The van der Waals surface area contributed by atoms with Gasteiger partial charge in [-0.1, -0.05) is 60.3 Å². The molecule has 0 radical (unpaired) electrons. The van der Waals surface area contributed by atoms with E-state index in [1.54, 1.807) is 35.6 Å². The Balaban J connectivity index is 1.21. The highest BCUT2D eigenvalue weighted by Crippen LogP contribution is 2.35. The van der Waals surface area contributed by atoms with Crippen LogP contribution in [0.15, 0.2) is 101 Å². The molecule has 1 atom stereocenters. The van der Waals surface area contributed by atoms with Gasteiger partial charge in [-0.3, -0.25) is 14.2 Å². The molecule has 3 aromatic carbocycles. The second-order valence-electron chi connectivity index (χ2n) is 10.9. The number of hydrogen-bond donors (Lipinski definition) is 1. The van der Waals surface area contributed by atoms with Crippen LogP contribution in [0.2, 0.25) is 0 Å². The monoisotopic (exact) mass is 666 g/mol. The zero-order chi connectivity index (χ0) is 32.8. The number of hydrazone groups is 1. The van der Waals surface area contributed by atoms with E-state index in [1.165, 1.54) is 11.8 Å². The molecule has 5 aromatic rings. The summed E-state index contributed by atoms with van der Waals surface area (Å²) in [6.07, 6.45) is 0.611. The lowest BCUT2D eigenvalue weighted by Crippen LogP contribution is -2.29. The van der Waals surface area contributed by atoms with Crippen molar-refractivity contribution in [3.8, 4) is 17.2 Å². The average Bonchev–Trinajstić information content (AvgIpc) is 3.88. The van der Waals surface area contributed by atoms with Crippen LogP contribution in [-0.4, -0.2) is 56.8 Å². The van der Waals surface area contributed by atoms with Crippen LogP contribution in [0, 0.1) is 13.8 Å². The fraction of sp³-hybridized carbons (Fsp3) is 0.229. The lowest BCUT2D eigenvalue weighted by molar-refractivity contribution is -0.130. The van der Waals surface area contributed by atoms with Gasteiger partial charge in [-0.05, 0) is 72.3 Å². The summed E-state index contributed by atoms with van der Waals surface area (Å²) >= 11 is 2.90. The van der Waals surface area contributed by atoms with E-state index >= 15 is 0 Å². The van der Waals surface area contributed by atoms with Crippen molar-refractivity contribution < 1.29 is 19.1 Å². The predicted molar refractivity (Wildman–Crippen MR) is 183 cm³/mol. The molecular formula is C35H34N6O4S2. The molecule has 0 aliphatic carbocycles. The largest absolute Gasteiger partial charge is 0.497 e. The van der Waals surface area contributed by atoms with E-state index in [-0.39, 0.29) is 36.8 Å². The second kappa shape index (κ2) is 14.7. The Labute approximate surface area is 281 Å². The fourth-order valence-electron chi connectivity index (χ4n) is 5.23. The predicted octanol–water partition coefficient (Wildman–Crippen LogP) is 6.12. The molecule has 6 rings (SSSR count). The molecule has 0 fully saturated rings. The maximum atomic E-state index is 13.9. The molecule has 0 spiro atoms. The Morgan fingerprint density at radius 3 is 2.51 bits per heavy atom. The number of aryl methyl sites for hydroxylation is 1. The summed E-state index contributed by atoms with van der Waals surface area (Å²) in [5.41, 5.74) is 4.89. The maximum absolute atomic E-state index is 13.9. The number of benzene rings is 3. The highest BCUT2D eigenvalue weighted by Gasteiger charge is 2.34. The van der Waals surface area contributed by atoms with E-state index < -0.39 is 0 Å². The van der Waals surface area contributed by atoms with Crippen LogP contribution in [0.1, 0.15) is 39.9 Å². The molecule has 2 amide bonds. The summed E-state index contributed by atoms with van der Waals surface area (Å²) in [4.78, 5) is 27.6. The number of carbonyl (C=O) groups is 2. The van der Waals surface area contributed by atoms with Crippen LogP contribution in [0.25, 0.3) is 5.69 Å². The Hall–Kier alpha value is -4.94. The molecule has 1 unspecified atom stereocenters. The van der Waals surface area contributed by atoms with Crippen LogP contribution in [0.5, 0.6) is 11.5 Å². The van der Waals surface area contributed by atoms with Gasteiger partial charge in [0.15, 0.2) is 17.6 Å². The number of amides is 2. The third-order valence-corrected chi connectivity index (χ3v) is 9.70. The van der Waals surface area contributed by atoms with Crippen molar-refractivity contribution in [1.29, 1.82) is 0 Å². The highest BCUT2D eigenvalue weighted by molar-refractivity contribution is 7.99. The lowest BCUT2D eigenvalue weighted by atomic mass is 10.0. The first-order chi connectivity index (χ1) is 22.9. The molecule has 47 heavy (non-hydrogen) atoms. The molecule has 0 saturated heterocycles. The number of rotatable bonds is 12. The topological polar surface area (TPSA) is 111 Å². The number of ether oxygens (including phenoxy) is 2. The molecule has 12 heteroatoms. The van der Waals surface area contributed by atoms with Crippen molar-refractivity contribution in [2.45, 2.75) is 38.0 Å². The lowest BCUT2D eigenvalue weighted by Gasteiger charge is -2.22. The third-order valence-electron chi connectivity index (χ3n) is 7.87. The molecule has 240 valence electrons. The first-order valence-electron chi connectivity index (χ1n) is 15.1. The number of nitrogens with zero attached hydrogens (tertiary/aromatic N) is 5. The molecule has 2 aromatic heterocycles. The van der Waals surface area contributed by atoms with Gasteiger partial charge in [0.05, 0.1) is 41.7 Å². The van der Waals surface area contributed by atoms with E-state index in [0.717, 1.165) is 38.7 Å². The van der Waals surface area contributed by atoms with Gasteiger partial charge >= 0.3 is 0 Å². The first-order valence-corrected chi connectivity index (χ1v) is 16.9. The number of hydrogen-bond acceptors (Lipinski definition) is 9. The van der Waals surface area contributed by atoms with Crippen molar-refractivity contribution in [2.75, 3.05) is 19.5 Å². The van der Waals surface area contributed by atoms with Gasteiger partial charge in [0.2, 0.25) is 0 Å².